The Kier molecular flexibility index (Phi) is 11.0. The Labute approximate surface area is 212 Å². The van der Waals surface area contributed by atoms with Crippen molar-refractivity contribution in [3.8, 4) is 0 Å². The molecule has 3 rings (SSSR count). The van der Waals surface area contributed by atoms with Crippen LogP contribution in [0.15, 0.2) is 36.5 Å². The Morgan fingerprint density at radius 1 is 1.14 bits per heavy atom. The number of rotatable bonds is 12. The van der Waals surface area contributed by atoms with Crippen LogP contribution in [0.1, 0.15) is 78.6 Å². The van der Waals surface area contributed by atoms with Gasteiger partial charge in [0.1, 0.15) is 0 Å². The van der Waals surface area contributed by atoms with E-state index in [1.807, 2.05) is 6.08 Å². The second-order valence-corrected chi connectivity index (χ2v) is 10.7. The van der Waals surface area contributed by atoms with Gasteiger partial charge in [-0.15, -0.1) is 0 Å². The molecule has 4 atom stereocenters. The predicted octanol–water partition coefficient (Wildman–Crippen LogP) is 6.12. The van der Waals surface area contributed by atoms with Gasteiger partial charge in [-0.2, -0.15) is 0 Å². The van der Waals surface area contributed by atoms with Gasteiger partial charge in [0.2, 0.25) is 0 Å². The second-order valence-electron chi connectivity index (χ2n) is 10.7. The van der Waals surface area contributed by atoms with E-state index in [9.17, 15) is 4.79 Å². The fraction of sp³-hybridized carbons (Fsp3) is 0.759. The number of allylic oxidation sites excluding steroid dienone is 4. The molecule has 1 spiro atoms. The highest BCUT2D eigenvalue weighted by Crippen LogP contribution is 2.49. The summed E-state index contributed by atoms with van der Waals surface area (Å²) in [5.41, 5.74) is 0.0346. The molecule has 6 nitrogen and oxygen atoms in total. The van der Waals surface area contributed by atoms with E-state index < -0.39 is 5.79 Å². The van der Waals surface area contributed by atoms with Gasteiger partial charge < -0.3 is 23.7 Å². The third-order valence-electron chi connectivity index (χ3n) is 7.64. The molecule has 0 N–H and O–H groups in total. The maximum Gasteiger partial charge on any atom is 0.330 e. The van der Waals surface area contributed by atoms with Crippen LogP contribution in [0.3, 0.4) is 0 Å². The van der Waals surface area contributed by atoms with Crippen molar-refractivity contribution in [2.45, 2.75) is 96.7 Å². The van der Waals surface area contributed by atoms with Crippen LogP contribution in [-0.2, 0) is 28.5 Å². The van der Waals surface area contributed by atoms with Crippen LogP contribution >= 0.6 is 0 Å². The minimum atomic E-state index is -0.466. The maximum absolute atomic E-state index is 11.2. The minimum absolute atomic E-state index is 0.0107. The maximum atomic E-state index is 11.2. The molecule has 3 fully saturated rings. The van der Waals surface area contributed by atoms with Crippen molar-refractivity contribution in [2.24, 2.45) is 17.3 Å². The summed E-state index contributed by atoms with van der Waals surface area (Å²) < 4.78 is 29.5. The fourth-order valence-corrected chi connectivity index (χ4v) is 5.73. The average molecular weight is 491 g/mol. The van der Waals surface area contributed by atoms with E-state index in [0.29, 0.717) is 19.1 Å². The van der Waals surface area contributed by atoms with Crippen LogP contribution in [-0.4, -0.2) is 51.1 Å². The molecular weight excluding hydrogens is 444 g/mol. The quantitative estimate of drug-likeness (QED) is 0.142. The summed E-state index contributed by atoms with van der Waals surface area (Å²) in [6, 6.07) is 0. The highest BCUT2D eigenvalue weighted by atomic mass is 16.7. The van der Waals surface area contributed by atoms with Gasteiger partial charge in [-0.3, -0.25) is 0 Å². The van der Waals surface area contributed by atoms with Gasteiger partial charge in [0.25, 0.3) is 0 Å². The molecule has 2 heterocycles. The number of ether oxygens (including phenoxy) is 5. The van der Waals surface area contributed by atoms with Gasteiger partial charge in [-0.1, -0.05) is 57.6 Å². The molecule has 2 aliphatic heterocycles. The summed E-state index contributed by atoms with van der Waals surface area (Å²) >= 11 is 0. The first-order valence-electron chi connectivity index (χ1n) is 13.5. The highest BCUT2D eigenvalue weighted by molar-refractivity contribution is 5.82. The standard InChI is InChI=1S/C29H46O6/c1-5-18-28(2,3)25(35-27-14-10-11-20-32-27)16-15-23-17-19-29(33-21-22-34-29)24(23)12-8-6-7-9-13-26(30)31-4/h6-7,9,13,15-16,23-25,27H,5,8,10-12,14,17-22H2,1-4H3/b7-6?,13-9+,16-15+. The number of hydrogen-bond donors (Lipinski definition) is 0. The zero-order valence-electron chi connectivity index (χ0n) is 22.2. The molecule has 4 unspecified atom stereocenters. The summed E-state index contributed by atoms with van der Waals surface area (Å²) in [6.45, 7) is 8.96. The van der Waals surface area contributed by atoms with E-state index in [2.05, 4.69) is 43.7 Å². The fourth-order valence-electron chi connectivity index (χ4n) is 5.73. The van der Waals surface area contributed by atoms with Crippen LogP contribution in [0.4, 0.5) is 0 Å². The second kappa shape index (κ2) is 13.7. The first-order chi connectivity index (χ1) is 16.9. The van der Waals surface area contributed by atoms with Gasteiger partial charge >= 0.3 is 5.97 Å². The Morgan fingerprint density at radius 2 is 1.94 bits per heavy atom. The smallest absolute Gasteiger partial charge is 0.330 e. The third kappa shape index (κ3) is 8.01. The number of hydrogen-bond acceptors (Lipinski definition) is 6. The molecule has 2 saturated heterocycles. The van der Waals surface area contributed by atoms with E-state index in [1.54, 1.807) is 6.08 Å². The van der Waals surface area contributed by atoms with Crippen molar-refractivity contribution in [1.82, 2.24) is 0 Å². The van der Waals surface area contributed by atoms with Gasteiger partial charge in [0.05, 0.1) is 26.4 Å². The number of carbonyl (C=O) groups is 1. The summed E-state index contributed by atoms with van der Waals surface area (Å²) in [5, 5.41) is 0. The topological polar surface area (TPSA) is 63.2 Å². The van der Waals surface area contributed by atoms with Crippen molar-refractivity contribution in [3.05, 3.63) is 36.5 Å². The zero-order valence-corrected chi connectivity index (χ0v) is 22.2. The first-order valence-corrected chi connectivity index (χ1v) is 13.5. The molecular formula is C29H46O6. The molecule has 35 heavy (non-hydrogen) atoms. The SMILES string of the molecule is CCCC(C)(C)C(/C=C/C1CCC2(OCCO2)C1CCC=C/C=C/C(=O)OC)OC1CCCCO1. The Hall–Kier alpha value is -1.47. The molecule has 0 aromatic rings. The normalized spacial score (nSPS) is 28.1. The molecule has 0 radical (unpaired) electrons. The van der Waals surface area contributed by atoms with Crippen LogP contribution in [0.25, 0.3) is 0 Å². The van der Waals surface area contributed by atoms with Gasteiger partial charge in [-0.05, 0) is 56.3 Å². The van der Waals surface area contributed by atoms with Crippen LogP contribution in [0, 0.1) is 17.3 Å². The van der Waals surface area contributed by atoms with E-state index >= 15 is 0 Å². The largest absolute Gasteiger partial charge is 0.466 e. The summed E-state index contributed by atoms with van der Waals surface area (Å²) in [7, 11) is 1.38. The Morgan fingerprint density at radius 3 is 2.63 bits per heavy atom. The van der Waals surface area contributed by atoms with Crippen molar-refractivity contribution in [3.63, 3.8) is 0 Å². The third-order valence-corrected chi connectivity index (χ3v) is 7.64. The van der Waals surface area contributed by atoms with E-state index in [0.717, 1.165) is 58.0 Å². The van der Waals surface area contributed by atoms with Crippen LogP contribution < -0.4 is 0 Å². The van der Waals surface area contributed by atoms with Crippen LogP contribution in [0.2, 0.25) is 0 Å². The first kappa shape index (κ1) is 28.1. The zero-order chi connectivity index (χ0) is 25.2. The molecule has 3 aliphatic rings. The molecule has 198 valence electrons. The molecule has 0 bridgehead atoms. The average Bonchev–Trinajstić information content (AvgIpc) is 3.46. The number of esters is 1. The molecule has 0 aromatic carbocycles. The van der Waals surface area contributed by atoms with Gasteiger partial charge in [-0.25, -0.2) is 4.79 Å². The summed E-state index contributed by atoms with van der Waals surface area (Å²) in [5.74, 6) is -0.144. The summed E-state index contributed by atoms with van der Waals surface area (Å²) in [6.07, 6.45) is 21.0. The molecule has 0 aromatic heterocycles. The highest BCUT2D eigenvalue weighted by Gasteiger charge is 2.51. The van der Waals surface area contributed by atoms with E-state index in [-0.39, 0.29) is 29.7 Å². The lowest BCUT2D eigenvalue weighted by atomic mass is 9.80. The number of methoxy groups -OCH3 is 1. The molecule has 1 aliphatic carbocycles. The molecule has 6 heteroatoms. The lowest BCUT2D eigenvalue weighted by Crippen LogP contribution is -2.37. The van der Waals surface area contributed by atoms with E-state index in [1.165, 1.54) is 19.6 Å². The van der Waals surface area contributed by atoms with Crippen molar-refractivity contribution in [2.75, 3.05) is 26.9 Å². The van der Waals surface area contributed by atoms with Gasteiger partial charge in [0, 0.05) is 25.0 Å². The monoisotopic (exact) mass is 490 g/mol. The Balaban J connectivity index is 1.68. The van der Waals surface area contributed by atoms with E-state index in [4.69, 9.17) is 18.9 Å². The van der Waals surface area contributed by atoms with Crippen LogP contribution in [0.5, 0.6) is 0 Å². The predicted molar refractivity (Wildman–Crippen MR) is 137 cm³/mol. The molecule has 1 saturated carbocycles. The Bertz CT molecular complexity index is 727. The van der Waals surface area contributed by atoms with Crippen molar-refractivity contribution in [1.29, 1.82) is 0 Å². The van der Waals surface area contributed by atoms with Gasteiger partial charge in [0.15, 0.2) is 12.1 Å². The van der Waals surface area contributed by atoms with Crippen molar-refractivity contribution >= 4 is 5.97 Å². The lowest BCUT2D eigenvalue weighted by molar-refractivity contribution is -0.198. The molecule has 0 amide bonds. The number of carbonyl (C=O) groups excluding carboxylic acids is 1. The minimum Gasteiger partial charge on any atom is -0.466 e. The summed E-state index contributed by atoms with van der Waals surface area (Å²) in [4.78, 5) is 11.2. The lowest BCUT2D eigenvalue weighted by Gasteiger charge is -2.36. The van der Waals surface area contributed by atoms with Crippen molar-refractivity contribution < 1.29 is 28.5 Å².